The van der Waals surface area contributed by atoms with Gasteiger partial charge in [-0.3, -0.25) is 9.69 Å². The summed E-state index contributed by atoms with van der Waals surface area (Å²) in [5.74, 6) is 0.0723. The Balaban J connectivity index is 2.56. The van der Waals surface area contributed by atoms with Gasteiger partial charge >= 0.3 is 5.97 Å². The molecule has 0 aliphatic carbocycles. The summed E-state index contributed by atoms with van der Waals surface area (Å²) in [5.41, 5.74) is 1.19. The number of hydrogen-bond acceptors (Lipinski definition) is 3. The predicted octanol–water partition coefficient (Wildman–Crippen LogP) is 2.42. The second kappa shape index (κ2) is 7.79. The van der Waals surface area contributed by atoms with E-state index in [9.17, 15) is 4.79 Å². The van der Waals surface area contributed by atoms with Crippen LogP contribution in [0.25, 0.3) is 0 Å². The van der Waals surface area contributed by atoms with Crippen LogP contribution in [0.2, 0.25) is 0 Å². The van der Waals surface area contributed by atoms with Gasteiger partial charge in [0.2, 0.25) is 0 Å². The maximum absolute atomic E-state index is 10.9. The second-order valence-corrected chi connectivity index (χ2v) is 4.72. The molecule has 0 aliphatic rings. The van der Waals surface area contributed by atoms with Crippen LogP contribution in [0.5, 0.6) is 5.75 Å². The third-order valence-electron chi connectivity index (χ3n) is 3.40. The average molecular weight is 265 g/mol. The molecule has 0 aromatic heterocycles. The number of carbonyl (C=O) groups is 1. The molecule has 1 rings (SSSR count). The zero-order valence-corrected chi connectivity index (χ0v) is 11.9. The number of hydrogen-bond donors (Lipinski definition) is 1. The molecule has 0 amide bonds. The van der Waals surface area contributed by atoms with Crippen LogP contribution in [0.15, 0.2) is 24.3 Å². The van der Waals surface area contributed by atoms with Crippen LogP contribution in [-0.2, 0) is 11.2 Å². The number of ether oxygens (including phenoxy) is 1. The molecule has 1 aromatic carbocycles. The number of carboxylic acids is 1. The molecule has 0 radical (unpaired) electrons. The fourth-order valence-corrected chi connectivity index (χ4v) is 1.95. The molecule has 0 fully saturated rings. The lowest BCUT2D eigenvalue weighted by Gasteiger charge is -2.26. The molecule has 1 N–H and O–H groups in total. The fraction of sp³-hybridized carbons (Fsp3) is 0.533. The summed E-state index contributed by atoms with van der Waals surface area (Å²) >= 11 is 0. The smallest absolute Gasteiger partial charge is 0.317 e. The molecule has 0 saturated carbocycles. The minimum atomic E-state index is -0.768. The molecule has 0 spiro atoms. The Morgan fingerprint density at radius 3 is 2.47 bits per heavy atom. The Morgan fingerprint density at radius 1 is 1.37 bits per heavy atom. The van der Waals surface area contributed by atoms with Gasteiger partial charge in [0.05, 0.1) is 13.7 Å². The van der Waals surface area contributed by atoms with Crippen LogP contribution in [0.3, 0.4) is 0 Å². The van der Waals surface area contributed by atoms with Gasteiger partial charge in [-0.2, -0.15) is 0 Å². The van der Waals surface area contributed by atoms with Crippen LogP contribution >= 0.6 is 0 Å². The first kappa shape index (κ1) is 15.5. The molecule has 0 saturated heterocycles. The second-order valence-electron chi connectivity index (χ2n) is 4.72. The molecular formula is C15H23NO3. The highest BCUT2D eigenvalue weighted by molar-refractivity contribution is 5.69. The van der Waals surface area contributed by atoms with Crippen LogP contribution in [-0.4, -0.2) is 42.2 Å². The summed E-state index contributed by atoms with van der Waals surface area (Å²) in [4.78, 5) is 12.9. The summed E-state index contributed by atoms with van der Waals surface area (Å²) in [7, 11) is 1.65. The van der Waals surface area contributed by atoms with Gasteiger partial charge in [-0.15, -0.1) is 0 Å². The Morgan fingerprint density at radius 2 is 2.00 bits per heavy atom. The molecule has 0 heterocycles. The van der Waals surface area contributed by atoms with Gasteiger partial charge < -0.3 is 9.84 Å². The minimum Gasteiger partial charge on any atom is -0.497 e. The van der Waals surface area contributed by atoms with E-state index in [0.29, 0.717) is 0 Å². The fourth-order valence-electron chi connectivity index (χ4n) is 1.95. The zero-order chi connectivity index (χ0) is 14.3. The normalized spacial score (nSPS) is 12.4. The molecule has 19 heavy (non-hydrogen) atoms. The van der Waals surface area contributed by atoms with E-state index in [1.54, 1.807) is 7.11 Å². The number of nitrogens with zero attached hydrogens (tertiary/aromatic N) is 1. The van der Waals surface area contributed by atoms with Crippen LogP contribution < -0.4 is 4.74 Å². The number of aliphatic carboxylic acids is 1. The van der Waals surface area contributed by atoms with E-state index in [2.05, 4.69) is 13.8 Å². The van der Waals surface area contributed by atoms with Gasteiger partial charge in [-0.25, -0.2) is 0 Å². The van der Waals surface area contributed by atoms with E-state index in [4.69, 9.17) is 9.84 Å². The lowest BCUT2D eigenvalue weighted by molar-refractivity contribution is -0.138. The Hall–Kier alpha value is -1.55. The molecule has 0 bridgehead atoms. The van der Waals surface area contributed by atoms with E-state index in [0.717, 1.165) is 25.1 Å². The average Bonchev–Trinajstić information content (AvgIpc) is 2.42. The Kier molecular flexibility index (Phi) is 6.36. The van der Waals surface area contributed by atoms with Crippen LogP contribution in [0.4, 0.5) is 0 Å². The zero-order valence-electron chi connectivity index (χ0n) is 11.9. The van der Waals surface area contributed by atoms with Crippen molar-refractivity contribution in [2.75, 3.05) is 20.2 Å². The third-order valence-corrected chi connectivity index (χ3v) is 3.40. The molecule has 4 heteroatoms. The molecule has 0 aliphatic heterocycles. The SMILES string of the molecule is CCC(C)N(CCc1ccc(OC)cc1)CC(=O)O. The molecule has 1 unspecified atom stereocenters. The first-order valence-electron chi connectivity index (χ1n) is 6.65. The van der Waals surface area contributed by atoms with Gasteiger partial charge in [-0.1, -0.05) is 19.1 Å². The highest BCUT2D eigenvalue weighted by Gasteiger charge is 2.15. The van der Waals surface area contributed by atoms with Crippen molar-refractivity contribution in [2.24, 2.45) is 0 Å². The van der Waals surface area contributed by atoms with Crippen molar-refractivity contribution in [1.29, 1.82) is 0 Å². The van der Waals surface area contributed by atoms with Crippen molar-refractivity contribution in [3.05, 3.63) is 29.8 Å². The van der Waals surface area contributed by atoms with Crippen molar-refractivity contribution in [1.82, 2.24) is 4.90 Å². The van der Waals surface area contributed by atoms with Gasteiger partial charge in [0.1, 0.15) is 5.75 Å². The molecule has 1 atom stereocenters. The maximum Gasteiger partial charge on any atom is 0.317 e. The van der Waals surface area contributed by atoms with Gasteiger partial charge in [0, 0.05) is 12.6 Å². The molecule has 4 nitrogen and oxygen atoms in total. The van der Waals surface area contributed by atoms with E-state index >= 15 is 0 Å². The van der Waals surface area contributed by atoms with Crippen LogP contribution in [0.1, 0.15) is 25.8 Å². The van der Waals surface area contributed by atoms with Gasteiger partial charge in [0.15, 0.2) is 0 Å². The maximum atomic E-state index is 10.9. The predicted molar refractivity (Wildman–Crippen MR) is 75.7 cm³/mol. The van der Waals surface area contributed by atoms with E-state index in [1.807, 2.05) is 29.2 Å². The van der Waals surface area contributed by atoms with Gasteiger partial charge in [-0.05, 0) is 37.5 Å². The Bertz CT molecular complexity index is 389. The summed E-state index contributed by atoms with van der Waals surface area (Å²) in [6.07, 6.45) is 1.80. The number of carboxylic acid groups (broad SMARTS) is 1. The van der Waals surface area contributed by atoms with E-state index in [1.165, 1.54) is 5.56 Å². The van der Waals surface area contributed by atoms with E-state index in [-0.39, 0.29) is 12.6 Å². The van der Waals surface area contributed by atoms with E-state index < -0.39 is 5.97 Å². The number of benzene rings is 1. The van der Waals surface area contributed by atoms with Crippen molar-refractivity contribution in [2.45, 2.75) is 32.7 Å². The van der Waals surface area contributed by atoms with Gasteiger partial charge in [0.25, 0.3) is 0 Å². The number of methoxy groups -OCH3 is 1. The van der Waals surface area contributed by atoms with Crippen molar-refractivity contribution >= 4 is 5.97 Å². The first-order chi connectivity index (χ1) is 9.06. The highest BCUT2D eigenvalue weighted by Crippen LogP contribution is 2.13. The summed E-state index contributed by atoms with van der Waals surface area (Å²) in [6.45, 7) is 5.00. The lowest BCUT2D eigenvalue weighted by Crippen LogP contribution is -2.38. The lowest BCUT2D eigenvalue weighted by atomic mass is 10.1. The summed E-state index contributed by atoms with van der Waals surface area (Å²) in [6, 6.07) is 8.19. The van der Waals surface area contributed by atoms with Crippen molar-refractivity contribution < 1.29 is 14.6 Å². The van der Waals surface area contributed by atoms with Crippen molar-refractivity contribution in [3.63, 3.8) is 0 Å². The standard InChI is InChI=1S/C15H23NO3/c1-4-12(2)16(11-15(17)18)10-9-13-5-7-14(19-3)8-6-13/h5-8,12H,4,9-11H2,1-3H3,(H,17,18). The monoisotopic (exact) mass is 265 g/mol. The first-order valence-corrected chi connectivity index (χ1v) is 6.65. The Labute approximate surface area is 115 Å². The molecular weight excluding hydrogens is 242 g/mol. The quantitative estimate of drug-likeness (QED) is 0.784. The minimum absolute atomic E-state index is 0.102. The summed E-state index contributed by atoms with van der Waals surface area (Å²) < 4.78 is 5.11. The largest absolute Gasteiger partial charge is 0.497 e. The third kappa shape index (κ3) is 5.30. The molecule has 1 aromatic rings. The summed E-state index contributed by atoms with van der Waals surface area (Å²) in [5, 5.41) is 8.94. The number of rotatable bonds is 8. The highest BCUT2D eigenvalue weighted by atomic mass is 16.5. The van der Waals surface area contributed by atoms with Crippen molar-refractivity contribution in [3.8, 4) is 5.75 Å². The molecule has 106 valence electrons. The topological polar surface area (TPSA) is 49.8 Å². The van der Waals surface area contributed by atoms with Crippen LogP contribution in [0, 0.1) is 0 Å².